The monoisotopic (exact) mass is 474 g/mol. The molecule has 3 atom stereocenters. The Morgan fingerprint density at radius 1 is 1.21 bits per heavy atom. The number of non-ortho nitro benzene ring substituents is 1. The van der Waals surface area contributed by atoms with Gasteiger partial charge in [0, 0.05) is 43.6 Å². The van der Waals surface area contributed by atoms with Crippen LogP contribution in [0.15, 0.2) is 47.2 Å². The fourth-order valence-corrected chi connectivity index (χ4v) is 5.42. The molecule has 0 aliphatic carbocycles. The van der Waals surface area contributed by atoms with Crippen LogP contribution in [0, 0.1) is 16.0 Å². The molecule has 4 aliphatic heterocycles. The number of allylic oxidation sites excluding steroid dienone is 1. The van der Waals surface area contributed by atoms with Gasteiger partial charge in [0.25, 0.3) is 17.5 Å². The van der Waals surface area contributed by atoms with Gasteiger partial charge in [-0.05, 0) is 30.6 Å². The van der Waals surface area contributed by atoms with E-state index < -0.39 is 28.9 Å². The number of β-lactam (4-membered cyclic amide) rings is 1. The third kappa shape index (κ3) is 3.46. The van der Waals surface area contributed by atoms with E-state index in [1.165, 1.54) is 45.9 Å². The van der Waals surface area contributed by atoms with E-state index in [1.807, 2.05) is 0 Å². The molecule has 4 heterocycles. The first-order valence-electron chi connectivity index (χ1n) is 10.5. The third-order valence-corrected chi connectivity index (χ3v) is 6.86. The largest absolute Gasteiger partial charge is 1.00 e. The second kappa shape index (κ2) is 8.64. The smallest absolute Gasteiger partial charge is 0.543 e. The molecule has 1 aromatic carbocycles. The van der Waals surface area contributed by atoms with Crippen LogP contribution < -0.4 is 39.6 Å². The molecule has 170 valence electrons. The van der Waals surface area contributed by atoms with Crippen molar-refractivity contribution in [1.29, 1.82) is 0 Å². The standard InChI is InChI=1S/C22H20N4O7.Na/c1-11(27)23-8-6-15-16(18(22(30)31)25-17(15)19(23)21(25)29)9-12-5-7-24(20(12)28)13-3-2-4-14(10-13)26(32)33;/h2-4,9-10,15,17,19H,5-8H2,1H3,(H,30,31);/q;+1/p-1/b12-9+;/t15?,17-,19+;/m1./s1. The summed E-state index contributed by atoms with van der Waals surface area (Å²) in [6.45, 7) is 1.99. The first-order chi connectivity index (χ1) is 15.7. The molecule has 11 nitrogen and oxygen atoms in total. The Labute approximate surface area is 216 Å². The van der Waals surface area contributed by atoms with Crippen LogP contribution >= 0.6 is 0 Å². The molecule has 0 bridgehead atoms. The zero-order chi connectivity index (χ0) is 23.6. The van der Waals surface area contributed by atoms with Gasteiger partial charge in [-0.25, -0.2) is 0 Å². The topological polar surface area (TPSA) is 144 Å². The SMILES string of the molecule is CC(=O)N1CCC2C(/C=C3\CCN(c4cccc([N+](=O)[O-])c4)C3=O)=C(C(=O)[O-])N3C(=O)[C@@H]1[C@@H]23.[Na+]. The first-order valence-corrected chi connectivity index (χ1v) is 10.5. The maximum absolute atomic E-state index is 13.1. The summed E-state index contributed by atoms with van der Waals surface area (Å²) < 4.78 is 0. The third-order valence-electron chi connectivity index (χ3n) is 6.86. The second-order valence-corrected chi connectivity index (χ2v) is 8.50. The van der Waals surface area contributed by atoms with Gasteiger partial charge in [0.15, 0.2) is 0 Å². The number of carboxylic acids is 1. The van der Waals surface area contributed by atoms with Crippen molar-refractivity contribution < 1.29 is 58.8 Å². The second-order valence-electron chi connectivity index (χ2n) is 8.50. The number of anilines is 1. The number of rotatable bonds is 4. The summed E-state index contributed by atoms with van der Waals surface area (Å²) in [7, 11) is 0. The molecule has 34 heavy (non-hydrogen) atoms. The van der Waals surface area contributed by atoms with Crippen LogP contribution in [0.25, 0.3) is 0 Å². The van der Waals surface area contributed by atoms with E-state index in [2.05, 4.69) is 0 Å². The summed E-state index contributed by atoms with van der Waals surface area (Å²) in [6, 6.07) is 4.57. The minimum Gasteiger partial charge on any atom is -0.543 e. The van der Waals surface area contributed by atoms with Crippen LogP contribution in [0.2, 0.25) is 0 Å². The summed E-state index contributed by atoms with van der Waals surface area (Å²) in [6.07, 6.45) is 2.31. The molecule has 4 aliphatic rings. The van der Waals surface area contributed by atoms with E-state index in [-0.39, 0.29) is 65.2 Å². The van der Waals surface area contributed by atoms with Crippen molar-refractivity contribution in [2.75, 3.05) is 18.0 Å². The molecule has 0 N–H and O–H groups in total. The van der Waals surface area contributed by atoms with Crippen molar-refractivity contribution in [3.8, 4) is 0 Å². The van der Waals surface area contributed by atoms with Crippen molar-refractivity contribution in [3.63, 3.8) is 0 Å². The number of benzene rings is 1. The van der Waals surface area contributed by atoms with E-state index in [4.69, 9.17) is 0 Å². The summed E-state index contributed by atoms with van der Waals surface area (Å²) >= 11 is 0. The molecule has 0 aromatic heterocycles. The van der Waals surface area contributed by atoms with Gasteiger partial charge >= 0.3 is 29.6 Å². The number of hydrogen-bond acceptors (Lipinski definition) is 7. The maximum atomic E-state index is 13.1. The zero-order valence-electron chi connectivity index (χ0n) is 18.6. The van der Waals surface area contributed by atoms with E-state index in [1.54, 1.807) is 6.07 Å². The van der Waals surface area contributed by atoms with Gasteiger partial charge in [0.2, 0.25) is 5.91 Å². The molecule has 5 rings (SSSR count). The fraction of sp³-hybridized carbons (Fsp3) is 0.364. The summed E-state index contributed by atoms with van der Waals surface area (Å²) in [5.41, 5.74) is 0.721. The van der Waals surface area contributed by atoms with E-state index in [9.17, 15) is 34.4 Å². The summed E-state index contributed by atoms with van der Waals surface area (Å²) in [4.78, 5) is 64.3. The first kappa shape index (κ1) is 24.1. The van der Waals surface area contributed by atoms with Crippen molar-refractivity contribution in [2.24, 2.45) is 5.92 Å². The average molecular weight is 474 g/mol. The average Bonchev–Trinajstić information content (AvgIpc) is 3.30. The number of piperidine rings is 1. The molecule has 3 amide bonds. The number of carbonyl (C=O) groups is 4. The Kier molecular flexibility index (Phi) is 6.13. The molecular formula is C22H19N4NaO7. The van der Waals surface area contributed by atoms with Crippen LogP contribution in [-0.4, -0.2) is 63.6 Å². The van der Waals surface area contributed by atoms with E-state index >= 15 is 0 Å². The van der Waals surface area contributed by atoms with Gasteiger partial charge in [-0.1, -0.05) is 6.07 Å². The molecule has 1 unspecified atom stereocenters. The van der Waals surface area contributed by atoms with Gasteiger partial charge in [0.1, 0.15) is 6.04 Å². The van der Waals surface area contributed by atoms with Gasteiger partial charge < -0.3 is 24.6 Å². The van der Waals surface area contributed by atoms with Crippen molar-refractivity contribution in [2.45, 2.75) is 31.8 Å². The summed E-state index contributed by atoms with van der Waals surface area (Å²) in [5.74, 6) is -2.89. The van der Waals surface area contributed by atoms with Crippen LogP contribution in [0.1, 0.15) is 19.8 Å². The Morgan fingerprint density at radius 3 is 2.59 bits per heavy atom. The number of nitro groups is 1. The van der Waals surface area contributed by atoms with E-state index in [0.717, 1.165) is 0 Å². The van der Waals surface area contributed by atoms with Gasteiger partial charge in [-0.2, -0.15) is 0 Å². The van der Waals surface area contributed by atoms with Crippen molar-refractivity contribution in [1.82, 2.24) is 9.80 Å². The van der Waals surface area contributed by atoms with Crippen LogP contribution in [0.3, 0.4) is 0 Å². The Morgan fingerprint density at radius 2 is 1.94 bits per heavy atom. The zero-order valence-corrected chi connectivity index (χ0v) is 20.6. The van der Waals surface area contributed by atoms with E-state index in [0.29, 0.717) is 36.2 Å². The number of nitrogens with zero attached hydrogens (tertiary/aromatic N) is 4. The van der Waals surface area contributed by atoms with Gasteiger partial charge in [-0.15, -0.1) is 0 Å². The number of aliphatic carboxylic acids is 1. The van der Waals surface area contributed by atoms with Crippen LogP contribution in [-0.2, 0) is 19.2 Å². The number of amides is 3. The molecule has 0 radical (unpaired) electrons. The molecule has 0 saturated carbocycles. The van der Waals surface area contributed by atoms with Crippen molar-refractivity contribution >= 4 is 35.1 Å². The van der Waals surface area contributed by atoms with Gasteiger partial charge in [-0.3, -0.25) is 24.5 Å². The quantitative estimate of drug-likeness (QED) is 0.146. The Bertz CT molecular complexity index is 1210. The Hall–Kier alpha value is -3.02. The predicted molar refractivity (Wildman–Crippen MR) is 110 cm³/mol. The number of hydrogen-bond donors (Lipinski definition) is 0. The number of likely N-dealkylation sites (tertiary alicyclic amines) is 1. The molecule has 0 spiro atoms. The number of nitro benzene ring substituents is 1. The maximum Gasteiger partial charge on any atom is 1.00 e. The Balaban J connectivity index is 0.00000274. The van der Waals surface area contributed by atoms with Gasteiger partial charge in [0.05, 0.1) is 28.3 Å². The molecule has 3 fully saturated rings. The summed E-state index contributed by atoms with van der Waals surface area (Å²) in [5, 5.41) is 23.0. The van der Waals surface area contributed by atoms with Crippen LogP contribution in [0.5, 0.6) is 0 Å². The molecule has 3 saturated heterocycles. The fourth-order valence-electron chi connectivity index (χ4n) is 5.42. The molecular weight excluding hydrogens is 455 g/mol. The van der Waals surface area contributed by atoms with Crippen LogP contribution in [0.4, 0.5) is 11.4 Å². The molecule has 1 aromatic rings. The number of carbonyl (C=O) groups excluding carboxylic acids is 4. The normalized spacial score (nSPS) is 26.4. The number of carboxylic acid groups (broad SMARTS) is 1. The minimum absolute atomic E-state index is 0. The predicted octanol–water partition coefficient (Wildman–Crippen LogP) is -3.27. The minimum atomic E-state index is -1.50. The molecule has 12 heteroatoms. The van der Waals surface area contributed by atoms with Crippen molar-refractivity contribution in [3.05, 3.63) is 57.3 Å².